The van der Waals surface area contributed by atoms with E-state index in [4.69, 9.17) is 0 Å². The van der Waals surface area contributed by atoms with Gasteiger partial charge in [0.05, 0.1) is 0 Å². The Morgan fingerprint density at radius 1 is 1.48 bits per heavy atom. The lowest BCUT2D eigenvalue weighted by Crippen LogP contribution is -2.45. The van der Waals surface area contributed by atoms with Crippen LogP contribution in [0, 0.1) is 0 Å². The largest absolute Gasteiger partial charge is 0.356 e. The van der Waals surface area contributed by atoms with Crippen LogP contribution in [0.1, 0.15) is 6.42 Å². The van der Waals surface area contributed by atoms with Crippen molar-refractivity contribution in [3.05, 3.63) is 24.4 Å². The standard InChI is InChI=1S/C17H28N6OS/c1-22(2)16(24)12-20-17(19-9-11-25-3)21-14-7-10-23(13-14)15-6-4-5-8-18-15/h4-6,8,14H,7,9-13H2,1-3H3,(H2,19,20,21). The molecule has 2 heterocycles. The highest BCUT2D eigenvalue weighted by Crippen LogP contribution is 2.17. The predicted molar refractivity (Wildman–Crippen MR) is 105 cm³/mol. The number of likely N-dealkylation sites (N-methyl/N-ethyl adjacent to an activating group) is 1. The summed E-state index contributed by atoms with van der Waals surface area (Å²) in [6.07, 6.45) is 4.91. The molecular weight excluding hydrogens is 336 g/mol. The molecule has 0 aliphatic carbocycles. The second-order valence-corrected chi connectivity index (χ2v) is 7.12. The lowest BCUT2D eigenvalue weighted by molar-refractivity contribution is -0.127. The lowest BCUT2D eigenvalue weighted by atomic mass is 10.3. The van der Waals surface area contributed by atoms with E-state index >= 15 is 0 Å². The second-order valence-electron chi connectivity index (χ2n) is 6.14. The maximum atomic E-state index is 11.8. The Balaban J connectivity index is 1.91. The molecule has 0 bridgehead atoms. The van der Waals surface area contributed by atoms with Crippen molar-refractivity contribution in [2.75, 3.05) is 57.2 Å². The fourth-order valence-corrected chi connectivity index (χ4v) is 2.84. The monoisotopic (exact) mass is 364 g/mol. The van der Waals surface area contributed by atoms with Crippen LogP contribution in [0.4, 0.5) is 5.82 Å². The lowest BCUT2D eigenvalue weighted by Gasteiger charge is -2.20. The number of rotatable bonds is 7. The van der Waals surface area contributed by atoms with Gasteiger partial charge in [0.2, 0.25) is 5.91 Å². The van der Waals surface area contributed by atoms with Gasteiger partial charge in [-0.3, -0.25) is 4.79 Å². The van der Waals surface area contributed by atoms with E-state index in [9.17, 15) is 4.79 Å². The number of hydrogen-bond acceptors (Lipinski definition) is 5. The number of aromatic nitrogens is 1. The number of amides is 1. The van der Waals surface area contributed by atoms with E-state index in [0.717, 1.165) is 37.6 Å². The molecule has 8 heteroatoms. The van der Waals surface area contributed by atoms with E-state index in [2.05, 4.69) is 31.8 Å². The SMILES string of the molecule is CSCCNC(=NCC(=O)N(C)C)NC1CCN(c2ccccn2)C1. The Bertz CT molecular complexity index is 566. The third-order valence-electron chi connectivity index (χ3n) is 3.97. The van der Waals surface area contributed by atoms with E-state index in [1.165, 1.54) is 0 Å². The van der Waals surface area contributed by atoms with Crippen LogP contribution in [0.15, 0.2) is 29.4 Å². The summed E-state index contributed by atoms with van der Waals surface area (Å²) in [5, 5.41) is 6.77. The van der Waals surface area contributed by atoms with Gasteiger partial charge in [0, 0.05) is 51.7 Å². The van der Waals surface area contributed by atoms with Crippen LogP contribution in [0.5, 0.6) is 0 Å². The van der Waals surface area contributed by atoms with E-state index < -0.39 is 0 Å². The zero-order valence-electron chi connectivity index (χ0n) is 15.2. The number of pyridine rings is 1. The number of thioether (sulfide) groups is 1. The molecule has 1 amide bonds. The Labute approximate surface area is 154 Å². The molecule has 1 fully saturated rings. The highest BCUT2D eigenvalue weighted by Gasteiger charge is 2.24. The molecule has 1 aromatic heterocycles. The first-order valence-corrected chi connectivity index (χ1v) is 9.89. The van der Waals surface area contributed by atoms with E-state index in [-0.39, 0.29) is 18.5 Å². The van der Waals surface area contributed by atoms with Crippen molar-refractivity contribution in [1.29, 1.82) is 0 Å². The summed E-state index contributed by atoms with van der Waals surface area (Å²) in [5.41, 5.74) is 0. The molecule has 0 saturated carbocycles. The average molecular weight is 365 g/mol. The Morgan fingerprint density at radius 2 is 2.32 bits per heavy atom. The summed E-state index contributed by atoms with van der Waals surface area (Å²) in [7, 11) is 3.49. The zero-order chi connectivity index (χ0) is 18.1. The number of anilines is 1. The topological polar surface area (TPSA) is 72.9 Å². The summed E-state index contributed by atoms with van der Waals surface area (Å²) in [6.45, 7) is 2.81. The molecule has 2 N–H and O–H groups in total. The van der Waals surface area contributed by atoms with Crippen LogP contribution in [0.2, 0.25) is 0 Å². The smallest absolute Gasteiger partial charge is 0.243 e. The number of nitrogens with zero attached hydrogens (tertiary/aromatic N) is 4. The van der Waals surface area contributed by atoms with Crippen molar-refractivity contribution in [2.24, 2.45) is 4.99 Å². The molecule has 0 spiro atoms. The molecular formula is C17H28N6OS. The van der Waals surface area contributed by atoms with E-state index in [0.29, 0.717) is 5.96 Å². The van der Waals surface area contributed by atoms with E-state index in [1.54, 1.807) is 30.8 Å². The van der Waals surface area contributed by atoms with Gasteiger partial charge in [0.25, 0.3) is 0 Å². The van der Waals surface area contributed by atoms with Crippen molar-refractivity contribution < 1.29 is 4.79 Å². The third kappa shape index (κ3) is 6.45. The summed E-state index contributed by atoms with van der Waals surface area (Å²) in [6, 6.07) is 6.26. The number of carbonyl (C=O) groups excluding carboxylic acids is 1. The molecule has 1 aliphatic rings. The fourth-order valence-electron chi connectivity index (χ4n) is 2.53. The molecule has 25 heavy (non-hydrogen) atoms. The number of carbonyl (C=O) groups is 1. The number of guanidine groups is 1. The summed E-state index contributed by atoms with van der Waals surface area (Å²) in [5.74, 6) is 2.69. The van der Waals surface area contributed by atoms with Gasteiger partial charge < -0.3 is 20.4 Å². The summed E-state index contributed by atoms with van der Waals surface area (Å²) in [4.78, 5) is 24.5. The molecule has 2 rings (SSSR count). The van der Waals surface area contributed by atoms with Crippen LogP contribution in [0.3, 0.4) is 0 Å². The van der Waals surface area contributed by atoms with Crippen molar-refractivity contribution in [3.63, 3.8) is 0 Å². The van der Waals surface area contributed by atoms with Crippen LogP contribution >= 0.6 is 11.8 Å². The number of aliphatic imine (C=N–C) groups is 1. The minimum atomic E-state index is -0.00694. The fraction of sp³-hybridized carbons (Fsp3) is 0.588. The van der Waals surface area contributed by atoms with Crippen LogP contribution in [0.25, 0.3) is 0 Å². The van der Waals surface area contributed by atoms with Gasteiger partial charge in [0.15, 0.2) is 5.96 Å². The zero-order valence-corrected chi connectivity index (χ0v) is 16.1. The maximum Gasteiger partial charge on any atom is 0.243 e. The number of hydrogen-bond donors (Lipinski definition) is 2. The highest BCUT2D eigenvalue weighted by atomic mass is 32.2. The van der Waals surface area contributed by atoms with Gasteiger partial charge in [-0.2, -0.15) is 11.8 Å². The molecule has 1 atom stereocenters. The van der Waals surface area contributed by atoms with Crippen LogP contribution < -0.4 is 15.5 Å². The quantitative estimate of drug-likeness (QED) is 0.420. The molecule has 138 valence electrons. The minimum absolute atomic E-state index is 0.00694. The third-order valence-corrected chi connectivity index (χ3v) is 4.58. The minimum Gasteiger partial charge on any atom is -0.356 e. The van der Waals surface area contributed by atoms with Crippen molar-refractivity contribution in [2.45, 2.75) is 12.5 Å². The summed E-state index contributed by atoms with van der Waals surface area (Å²) >= 11 is 1.78. The maximum absolute atomic E-state index is 11.8. The normalized spacial score (nSPS) is 17.5. The predicted octanol–water partition coefficient (Wildman–Crippen LogP) is 0.647. The highest BCUT2D eigenvalue weighted by molar-refractivity contribution is 7.98. The van der Waals surface area contributed by atoms with Crippen molar-refractivity contribution in [1.82, 2.24) is 20.5 Å². The van der Waals surface area contributed by atoms with Crippen LogP contribution in [-0.4, -0.2) is 80.1 Å². The Morgan fingerprint density at radius 3 is 3.00 bits per heavy atom. The van der Waals surface area contributed by atoms with Gasteiger partial charge in [0.1, 0.15) is 12.4 Å². The van der Waals surface area contributed by atoms with Crippen molar-refractivity contribution in [3.8, 4) is 0 Å². The van der Waals surface area contributed by atoms with Gasteiger partial charge in [-0.25, -0.2) is 9.98 Å². The first-order valence-electron chi connectivity index (χ1n) is 8.50. The van der Waals surface area contributed by atoms with E-state index in [1.807, 2.05) is 24.4 Å². The first kappa shape index (κ1) is 19.4. The second kappa shape index (κ2) is 10.1. The average Bonchev–Trinajstić information content (AvgIpc) is 3.08. The molecule has 0 radical (unpaired) electrons. The van der Waals surface area contributed by atoms with Gasteiger partial charge >= 0.3 is 0 Å². The van der Waals surface area contributed by atoms with Crippen LogP contribution in [-0.2, 0) is 4.79 Å². The molecule has 1 unspecified atom stereocenters. The number of nitrogens with one attached hydrogen (secondary N) is 2. The summed E-state index contributed by atoms with van der Waals surface area (Å²) < 4.78 is 0. The van der Waals surface area contributed by atoms with Gasteiger partial charge in [-0.05, 0) is 24.8 Å². The Hall–Kier alpha value is -1.96. The first-order chi connectivity index (χ1) is 12.1. The molecule has 1 aliphatic heterocycles. The molecule has 1 aromatic rings. The molecule has 7 nitrogen and oxygen atoms in total. The van der Waals surface area contributed by atoms with Gasteiger partial charge in [-0.1, -0.05) is 6.07 Å². The van der Waals surface area contributed by atoms with Gasteiger partial charge in [-0.15, -0.1) is 0 Å². The van der Waals surface area contributed by atoms with Crippen molar-refractivity contribution >= 4 is 29.4 Å². The molecule has 1 saturated heterocycles. The Kier molecular flexibility index (Phi) is 7.84. The molecule has 0 aromatic carbocycles.